The molecule has 1 aliphatic heterocycles. The maximum atomic E-state index is 12.3. The van der Waals surface area contributed by atoms with E-state index in [1.165, 1.54) is 11.5 Å². The molecule has 3 aromatic rings. The standard InChI is InChI=1S/C16H16N6OS2/c23-15(18-12-3-5-17-6-4-12)21-7-9-22(10-8-21)16-19-14(20-25-16)13-2-1-11-24-13/h1-6,11H,7-10H2,(H,17,18,23). The summed E-state index contributed by atoms with van der Waals surface area (Å²) in [7, 11) is 0. The van der Waals surface area contributed by atoms with Gasteiger partial charge in [-0.3, -0.25) is 4.98 Å². The number of carbonyl (C=O) groups is 1. The van der Waals surface area contributed by atoms with Crippen LogP contribution in [0.25, 0.3) is 10.7 Å². The van der Waals surface area contributed by atoms with Gasteiger partial charge in [0.05, 0.1) is 4.88 Å². The van der Waals surface area contributed by atoms with Gasteiger partial charge < -0.3 is 15.1 Å². The van der Waals surface area contributed by atoms with Crippen LogP contribution >= 0.6 is 22.9 Å². The average molecular weight is 372 g/mol. The monoisotopic (exact) mass is 372 g/mol. The summed E-state index contributed by atoms with van der Waals surface area (Å²) in [6, 6.07) is 7.50. The third-order valence-corrected chi connectivity index (χ3v) is 5.57. The predicted molar refractivity (Wildman–Crippen MR) is 100 cm³/mol. The van der Waals surface area contributed by atoms with Gasteiger partial charge in [-0.15, -0.1) is 11.3 Å². The molecular weight excluding hydrogens is 356 g/mol. The first-order valence-corrected chi connectivity index (χ1v) is 9.53. The maximum absolute atomic E-state index is 12.3. The smallest absolute Gasteiger partial charge is 0.321 e. The van der Waals surface area contributed by atoms with Gasteiger partial charge in [-0.2, -0.15) is 9.36 Å². The molecule has 128 valence electrons. The Balaban J connectivity index is 1.34. The second-order valence-corrected chi connectivity index (χ2v) is 7.20. The van der Waals surface area contributed by atoms with E-state index >= 15 is 0 Å². The SMILES string of the molecule is O=C(Nc1ccncc1)N1CCN(c2nc(-c3cccs3)ns2)CC1. The Bertz CT molecular complexity index is 827. The van der Waals surface area contributed by atoms with Crippen LogP contribution in [-0.2, 0) is 0 Å². The van der Waals surface area contributed by atoms with Gasteiger partial charge in [0.2, 0.25) is 5.13 Å². The molecule has 25 heavy (non-hydrogen) atoms. The van der Waals surface area contributed by atoms with Crippen LogP contribution < -0.4 is 10.2 Å². The Hall–Kier alpha value is -2.52. The number of carbonyl (C=O) groups excluding carboxylic acids is 1. The maximum Gasteiger partial charge on any atom is 0.321 e. The van der Waals surface area contributed by atoms with Crippen LogP contribution in [0, 0.1) is 0 Å². The van der Waals surface area contributed by atoms with Gasteiger partial charge in [0.1, 0.15) is 0 Å². The zero-order chi connectivity index (χ0) is 17.1. The molecule has 0 aliphatic carbocycles. The lowest BCUT2D eigenvalue weighted by Gasteiger charge is -2.34. The van der Waals surface area contributed by atoms with Crippen molar-refractivity contribution in [3.8, 4) is 10.7 Å². The predicted octanol–water partition coefficient (Wildman–Crippen LogP) is 3.02. The Morgan fingerprint density at radius 3 is 2.64 bits per heavy atom. The van der Waals surface area contributed by atoms with Gasteiger partial charge in [-0.05, 0) is 23.6 Å². The van der Waals surface area contributed by atoms with Crippen LogP contribution in [0.1, 0.15) is 0 Å². The first-order chi connectivity index (χ1) is 12.3. The van der Waals surface area contributed by atoms with Crippen LogP contribution in [0.15, 0.2) is 42.0 Å². The Morgan fingerprint density at radius 2 is 1.92 bits per heavy atom. The van der Waals surface area contributed by atoms with Crippen LogP contribution in [0.3, 0.4) is 0 Å². The van der Waals surface area contributed by atoms with E-state index in [1.807, 2.05) is 22.4 Å². The minimum absolute atomic E-state index is 0.0811. The van der Waals surface area contributed by atoms with Gasteiger partial charge in [0.15, 0.2) is 5.82 Å². The second-order valence-electron chi connectivity index (χ2n) is 5.52. The molecule has 1 fully saturated rings. The second kappa shape index (κ2) is 7.16. The minimum Gasteiger partial charge on any atom is -0.343 e. The molecule has 0 bridgehead atoms. The average Bonchev–Trinajstić information content (AvgIpc) is 3.34. The first kappa shape index (κ1) is 16.0. The molecule has 1 aliphatic rings. The number of rotatable bonds is 3. The van der Waals surface area contributed by atoms with Crippen molar-refractivity contribution in [2.24, 2.45) is 0 Å². The largest absolute Gasteiger partial charge is 0.343 e. The van der Waals surface area contributed by atoms with Crippen molar-refractivity contribution in [1.29, 1.82) is 0 Å². The summed E-state index contributed by atoms with van der Waals surface area (Å²) in [5, 5.41) is 5.83. The van der Waals surface area contributed by atoms with Crippen molar-refractivity contribution in [1.82, 2.24) is 19.2 Å². The summed E-state index contributed by atoms with van der Waals surface area (Å²) in [4.78, 5) is 26.0. The molecule has 7 nitrogen and oxygen atoms in total. The fourth-order valence-electron chi connectivity index (χ4n) is 2.59. The van der Waals surface area contributed by atoms with Crippen LogP contribution in [0.2, 0.25) is 0 Å². The zero-order valence-electron chi connectivity index (χ0n) is 13.3. The van der Waals surface area contributed by atoms with E-state index in [0.29, 0.717) is 13.1 Å². The summed E-state index contributed by atoms with van der Waals surface area (Å²) in [6.07, 6.45) is 3.32. The van der Waals surface area contributed by atoms with E-state index in [9.17, 15) is 4.79 Å². The summed E-state index contributed by atoms with van der Waals surface area (Å²) in [6.45, 7) is 2.82. The number of thiophene rings is 1. The quantitative estimate of drug-likeness (QED) is 0.765. The van der Waals surface area contributed by atoms with E-state index in [-0.39, 0.29) is 6.03 Å². The van der Waals surface area contributed by atoms with Crippen molar-refractivity contribution in [2.75, 3.05) is 36.4 Å². The number of anilines is 2. The number of nitrogens with zero attached hydrogens (tertiary/aromatic N) is 5. The number of urea groups is 1. The topological polar surface area (TPSA) is 74.2 Å². The number of hydrogen-bond acceptors (Lipinski definition) is 7. The van der Waals surface area contributed by atoms with Crippen LogP contribution in [-0.4, -0.2) is 51.5 Å². The van der Waals surface area contributed by atoms with E-state index in [1.54, 1.807) is 35.9 Å². The summed E-state index contributed by atoms with van der Waals surface area (Å²) >= 11 is 3.05. The van der Waals surface area contributed by atoms with Crippen molar-refractivity contribution < 1.29 is 4.79 Å². The number of pyridine rings is 1. The van der Waals surface area contributed by atoms with Crippen molar-refractivity contribution in [3.63, 3.8) is 0 Å². The summed E-state index contributed by atoms with van der Waals surface area (Å²) in [5.41, 5.74) is 0.757. The minimum atomic E-state index is -0.0811. The van der Waals surface area contributed by atoms with Gasteiger partial charge in [0.25, 0.3) is 0 Å². The molecule has 3 aromatic heterocycles. The van der Waals surface area contributed by atoms with Gasteiger partial charge in [0, 0.05) is 55.8 Å². The van der Waals surface area contributed by atoms with Crippen LogP contribution in [0.5, 0.6) is 0 Å². The van der Waals surface area contributed by atoms with E-state index in [0.717, 1.165) is 34.6 Å². The van der Waals surface area contributed by atoms with Crippen molar-refractivity contribution >= 4 is 39.7 Å². The molecule has 0 radical (unpaired) electrons. The molecule has 0 spiro atoms. The molecular formula is C16H16N6OS2. The summed E-state index contributed by atoms with van der Waals surface area (Å²) < 4.78 is 4.44. The molecule has 0 aromatic carbocycles. The highest BCUT2D eigenvalue weighted by Crippen LogP contribution is 2.27. The Morgan fingerprint density at radius 1 is 1.12 bits per heavy atom. The number of hydrogen-bond donors (Lipinski definition) is 1. The van der Waals surface area contributed by atoms with Gasteiger partial charge in [-0.1, -0.05) is 6.07 Å². The zero-order valence-corrected chi connectivity index (χ0v) is 15.0. The molecule has 2 amide bonds. The number of amides is 2. The molecule has 1 saturated heterocycles. The number of nitrogens with one attached hydrogen (secondary N) is 1. The van der Waals surface area contributed by atoms with Crippen molar-refractivity contribution in [2.45, 2.75) is 0 Å². The third kappa shape index (κ3) is 3.62. The molecule has 4 rings (SSSR count). The fourth-order valence-corrected chi connectivity index (χ4v) is 4.04. The Kier molecular flexibility index (Phi) is 4.57. The lowest BCUT2D eigenvalue weighted by atomic mass is 10.3. The highest BCUT2D eigenvalue weighted by Gasteiger charge is 2.23. The van der Waals surface area contributed by atoms with Gasteiger partial charge in [-0.25, -0.2) is 4.79 Å². The fraction of sp³-hybridized carbons (Fsp3) is 0.250. The van der Waals surface area contributed by atoms with Crippen LogP contribution in [0.4, 0.5) is 15.6 Å². The first-order valence-electron chi connectivity index (χ1n) is 7.88. The van der Waals surface area contributed by atoms with Crippen molar-refractivity contribution in [3.05, 3.63) is 42.0 Å². The van der Waals surface area contributed by atoms with E-state index in [2.05, 4.69) is 24.6 Å². The molecule has 4 heterocycles. The highest BCUT2D eigenvalue weighted by molar-refractivity contribution is 7.14. The highest BCUT2D eigenvalue weighted by atomic mass is 32.1. The number of aromatic nitrogens is 3. The molecule has 0 atom stereocenters. The van der Waals surface area contributed by atoms with E-state index < -0.39 is 0 Å². The van der Waals surface area contributed by atoms with Gasteiger partial charge >= 0.3 is 6.03 Å². The number of piperazine rings is 1. The molecule has 9 heteroatoms. The van der Waals surface area contributed by atoms with E-state index in [4.69, 9.17) is 0 Å². The lowest BCUT2D eigenvalue weighted by molar-refractivity contribution is 0.208. The molecule has 1 N–H and O–H groups in total. The summed E-state index contributed by atoms with van der Waals surface area (Å²) in [5.74, 6) is 0.785. The Labute approximate surface area is 153 Å². The lowest BCUT2D eigenvalue weighted by Crippen LogP contribution is -2.50. The third-order valence-electron chi connectivity index (χ3n) is 3.93. The molecule has 0 saturated carbocycles. The molecule has 0 unspecified atom stereocenters. The normalized spacial score (nSPS) is 14.6.